The van der Waals surface area contributed by atoms with E-state index in [1.807, 2.05) is 37.3 Å². The third-order valence-corrected chi connectivity index (χ3v) is 4.10. The van der Waals surface area contributed by atoms with E-state index >= 15 is 0 Å². The lowest BCUT2D eigenvalue weighted by Crippen LogP contribution is -2.30. The van der Waals surface area contributed by atoms with Crippen LogP contribution in [-0.2, 0) is 4.79 Å². The van der Waals surface area contributed by atoms with Gasteiger partial charge in [0.1, 0.15) is 5.75 Å². The Morgan fingerprint density at radius 3 is 2.68 bits per heavy atom. The molecule has 128 valence electrons. The Kier molecular flexibility index (Phi) is 5.05. The molecular formula is C19H18ClN3O2. The maximum atomic E-state index is 12.3. The maximum absolute atomic E-state index is 12.3. The van der Waals surface area contributed by atoms with Crippen LogP contribution >= 0.6 is 11.6 Å². The maximum Gasteiger partial charge on any atom is 0.266 e. The molecule has 1 amide bonds. The van der Waals surface area contributed by atoms with Gasteiger partial charge in [-0.3, -0.25) is 4.79 Å². The number of benzene rings is 2. The number of aromatic nitrogens is 2. The number of amides is 1. The predicted molar refractivity (Wildman–Crippen MR) is 98.5 cm³/mol. The number of carbonyl (C=O) groups is 1. The van der Waals surface area contributed by atoms with Crippen molar-refractivity contribution in [3.05, 3.63) is 71.4 Å². The Morgan fingerprint density at radius 1 is 1.20 bits per heavy atom. The molecule has 0 saturated carbocycles. The second-order valence-corrected chi connectivity index (χ2v) is 6.05. The molecule has 1 aromatic heterocycles. The Morgan fingerprint density at radius 2 is 1.96 bits per heavy atom. The summed E-state index contributed by atoms with van der Waals surface area (Å²) in [6.07, 6.45) is 1.13. The molecule has 0 radical (unpaired) electrons. The zero-order valence-corrected chi connectivity index (χ0v) is 14.7. The molecule has 0 aliphatic rings. The summed E-state index contributed by atoms with van der Waals surface area (Å²) in [5, 5.41) is 7.77. The average molecular weight is 356 g/mol. The van der Waals surface area contributed by atoms with Crippen molar-refractivity contribution in [3.63, 3.8) is 0 Å². The first-order valence-electron chi connectivity index (χ1n) is 7.88. The number of nitrogens with zero attached hydrogens (tertiary/aromatic N) is 2. The molecule has 2 aromatic carbocycles. The lowest BCUT2D eigenvalue weighted by atomic mass is 10.2. The van der Waals surface area contributed by atoms with Crippen molar-refractivity contribution in [3.8, 4) is 11.4 Å². The van der Waals surface area contributed by atoms with Crippen LogP contribution in [0.25, 0.3) is 5.69 Å². The third kappa shape index (κ3) is 4.19. The zero-order chi connectivity index (χ0) is 17.8. The molecular weight excluding hydrogens is 338 g/mol. The SMILES string of the molecule is Cc1cc(OC(C)C(=O)Nc2ccn(-c3ccccc3)n2)ccc1Cl. The minimum atomic E-state index is -0.664. The van der Waals surface area contributed by atoms with Crippen molar-refractivity contribution in [2.75, 3.05) is 5.32 Å². The number of ether oxygens (including phenoxy) is 1. The van der Waals surface area contributed by atoms with E-state index in [2.05, 4.69) is 10.4 Å². The number of anilines is 1. The summed E-state index contributed by atoms with van der Waals surface area (Å²) in [5.74, 6) is 0.793. The van der Waals surface area contributed by atoms with Crippen molar-refractivity contribution in [1.29, 1.82) is 0 Å². The van der Waals surface area contributed by atoms with Crippen molar-refractivity contribution in [2.45, 2.75) is 20.0 Å². The van der Waals surface area contributed by atoms with Crippen molar-refractivity contribution in [2.24, 2.45) is 0 Å². The first-order chi connectivity index (χ1) is 12.0. The van der Waals surface area contributed by atoms with E-state index in [1.54, 1.807) is 42.1 Å². The van der Waals surface area contributed by atoms with Crippen LogP contribution < -0.4 is 10.1 Å². The molecule has 0 saturated heterocycles. The van der Waals surface area contributed by atoms with Gasteiger partial charge in [-0.15, -0.1) is 0 Å². The van der Waals surface area contributed by atoms with E-state index in [-0.39, 0.29) is 5.91 Å². The van der Waals surface area contributed by atoms with Crippen LogP contribution in [0.2, 0.25) is 5.02 Å². The van der Waals surface area contributed by atoms with Gasteiger partial charge in [0.05, 0.1) is 5.69 Å². The van der Waals surface area contributed by atoms with E-state index < -0.39 is 6.10 Å². The second kappa shape index (κ2) is 7.40. The highest BCUT2D eigenvalue weighted by Gasteiger charge is 2.16. The van der Waals surface area contributed by atoms with Gasteiger partial charge in [0, 0.05) is 17.3 Å². The van der Waals surface area contributed by atoms with Gasteiger partial charge >= 0.3 is 0 Å². The number of aryl methyl sites for hydroxylation is 1. The van der Waals surface area contributed by atoms with Crippen molar-refractivity contribution in [1.82, 2.24) is 9.78 Å². The molecule has 0 fully saturated rings. The molecule has 3 rings (SSSR count). The number of halogens is 1. The number of para-hydroxylation sites is 1. The Balaban J connectivity index is 1.63. The van der Waals surface area contributed by atoms with E-state index in [4.69, 9.17) is 16.3 Å². The largest absolute Gasteiger partial charge is 0.481 e. The average Bonchev–Trinajstić information content (AvgIpc) is 3.07. The standard InChI is InChI=1S/C19H18ClN3O2/c1-13-12-16(8-9-17(13)20)25-14(2)19(24)21-18-10-11-23(22-18)15-6-4-3-5-7-15/h3-12,14H,1-2H3,(H,21,22,24). The summed E-state index contributed by atoms with van der Waals surface area (Å²) in [6.45, 7) is 3.57. The monoisotopic (exact) mass is 355 g/mol. The van der Waals surface area contributed by atoms with Crippen LogP contribution in [0.15, 0.2) is 60.8 Å². The zero-order valence-electron chi connectivity index (χ0n) is 13.9. The fourth-order valence-electron chi connectivity index (χ4n) is 2.29. The van der Waals surface area contributed by atoms with Crippen LogP contribution in [0.5, 0.6) is 5.75 Å². The second-order valence-electron chi connectivity index (χ2n) is 5.64. The van der Waals surface area contributed by atoms with Crippen molar-refractivity contribution < 1.29 is 9.53 Å². The van der Waals surface area contributed by atoms with E-state index in [0.717, 1.165) is 11.3 Å². The first kappa shape index (κ1) is 17.0. The molecule has 1 heterocycles. The normalized spacial score (nSPS) is 11.8. The molecule has 0 bridgehead atoms. The number of rotatable bonds is 5. The van der Waals surface area contributed by atoms with Gasteiger partial charge in [-0.2, -0.15) is 5.10 Å². The van der Waals surface area contributed by atoms with Gasteiger partial charge in [-0.1, -0.05) is 29.8 Å². The molecule has 0 aliphatic carbocycles. The summed E-state index contributed by atoms with van der Waals surface area (Å²) in [4.78, 5) is 12.3. The molecule has 6 heteroatoms. The van der Waals surface area contributed by atoms with Gasteiger partial charge in [0.25, 0.3) is 5.91 Å². The highest BCUT2D eigenvalue weighted by atomic mass is 35.5. The lowest BCUT2D eigenvalue weighted by molar-refractivity contribution is -0.122. The van der Waals surface area contributed by atoms with Crippen LogP contribution in [0, 0.1) is 6.92 Å². The first-order valence-corrected chi connectivity index (χ1v) is 8.25. The van der Waals surface area contributed by atoms with Crippen LogP contribution in [0.3, 0.4) is 0 Å². The molecule has 0 aliphatic heterocycles. The summed E-state index contributed by atoms with van der Waals surface area (Å²) in [5.41, 5.74) is 1.82. The molecule has 1 N–H and O–H groups in total. The third-order valence-electron chi connectivity index (χ3n) is 3.67. The lowest BCUT2D eigenvalue weighted by Gasteiger charge is -2.14. The number of carbonyl (C=O) groups excluding carboxylic acids is 1. The predicted octanol–water partition coefficient (Wildman–Crippen LogP) is 4.24. The molecule has 5 nitrogen and oxygen atoms in total. The highest BCUT2D eigenvalue weighted by molar-refractivity contribution is 6.31. The van der Waals surface area contributed by atoms with Crippen LogP contribution in [0.4, 0.5) is 5.82 Å². The topological polar surface area (TPSA) is 56.1 Å². The molecule has 25 heavy (non-hydrogen) atoms. The van der Waals surface area contributed by atoms with Crippen molar-refractivity contribution >= 4 is 23.3 Å². The summed E-state index contributed by atoms with van der Waals surface area (Å²) in [6, 6.07) is 16.7. The number of hydrogen-bond donors (Lipinski definition) is 1. The minimum absolute atomic E-state index is 0.272. The van der Waals surface area contributed by atoms with E-state index in [1.165, 1.54) is 0 Å². The number of hydrogen-bond acceptors (Lipinski definition) is 3. The molecule has 0 spiro atoms. The van der Waals surface area contributed by atoms with Crippen LogP contribution in [0.1, 0.15) is 12.5 Å². The molecule has 1 unspecified atom stereocenters. The minimum Gasteiger partial charge on any atom is -0.481 e. The fourth-order valence-corrected chi connectivity index (χ4v) is 2.41. The smallest absolute Gasteiger partial charge is 0.266 e. The Hall–Kier alpha value is -2.79. The summed E-state index contributed by atoms with van der Waals surface area (Å²) < 4.78 is 7.37. The highest BCUT2D eigenvalue weighted by Crippen LogP contribution is 2.22. The van der Waals surface area contributed by atoms with Gasteiger partial charge < -0.3 is 10.1 Å². The fraction of sp³-hybridized carbons (Fsp3) is 0.158. The quantitative estimate of drug-likeness (QED) is 0.744. The number of nitrogens with one attached hydrogen (secondary N) is 1. The van der Waals surface area contributed by atoms with E-state index in [0.29, 0.717) is 16.6 Å². The van der Waals surface area contributed by atoms with Crippen LogP contribution in [-0.4, -0.2) is 21.8 Å². The van der Waals surface area contributed by atoms with Gasteiger partial charge in [-0.05, 0) is 49.7 Å². The van der Waals surface area contributed by atoms with Gasteiger partial charge in [0.15, 0.2) is 11.9 Å². The van der Waals surface area contributed by atoms with E-state index in [9.17, 15) is 4.79 Å². The van der Waals surface area contributed by atoms with Gasteiger partial charge in [0.2, 0.25) is 0 Å². The summed E-state index contributed by atoms with van der Waals surface area (Å²) in [7, 11) is 0. The Labute approximate surface area is 151 Å². The van der Waals surface area contributed by atoms with Gasteiger partial charge in [-0.25, -0.2) is 4.68 Å². The summed E-state index contributed by atoms with van der Waals surface area (Å²) >= 11 is 5.99. The Bertz CT molecular complexity index is 877. The molecule has 3 aromatic rings. The molecule has 1 atom stereocenters.